The lowest BCUT2D eigenvalue weighted by atomic mass is 10.0. The van der Waals surface area contributed by atoms with Gasteiger partial charge in [-0.05, 0) is 36.2 Å². The predicted octanol–water partition coefficient (Wildman–Crippen LogP) is 3.99. The number of hydrogen-bond acceptors (Lipinski definition) is 4. The molecule has 0 radical (unpaired) electrons. The SMILES string of the molecule is Cc1ccc(-c2cncc(CNCC3COc4ccccc4O3)c2)cc1. The van der Waals surface area contributed by atoms with Crippen molar-refractivity contribution in [2.75, 3.05) is 13.2 Å². The van der Waals surface area contributed by atoms with Crippen LogP contribution < -0.4 is 14.8 Å². The molecule has 1 N–H and O–H groups in total. The number of nitrogens with zero attached hydrogens (tertiary/aromatic N) is 1. The van der Waals surface area contributed by atoms with Crippen molar-refractivity contribution in [2.24, 2.45) is 0 Å². The van der Waals surface area contributed by atoms with Gasteiger partial charge in [0.25, 0.3) is 0 Å². The molecular weight excluding hydrogens is 324 g/mol. The van der Waals surface area contributed by atoms with Gasteiger partial charge in [-0.3, -0.25) is 4.98 Å². The highest BCUT2D eigenvalue weighted by atomic mass is 16.6. The lowest BCUT2D eigenvalue weighted by Gasteiger charge is -2.26. The minimum absolute atomic E-state index is 0.0122. The minimum atomic E-state index is 0.0122. The van der Waals surface area contributed by atoms with E-state index in [0.717, 1.165) is 35.7 Å². The van der Waals surface area contributed by atoms with Crippen LogP contribution in [0, 0.1) is 6.92 Å². The van der Waals surface area contributed by atoms with Gasteiger partial charge in [0, 0.05) is 31.0 Å². The maximum absolute atomic E-state index is 5.97. The topological polar surface area (TPSA) is 43.4 Å². The summed E-state index contributed by atoms with van der Waals surface area (Å²) in [4.78, 5) is 4.38. The summed E-state index contributed by atoms with van der Waals surface area (Å²) in [6, 6.07) is 18.5. The van der Waals surface area contributed by atoms with Crippen molar-refractivity contribution >= 4 is 0 Å². The first kappa shape index (κ1) is 16.6. The maximum Gasteiger partial charge on any atom is 0.161 e. The molecule has 26 heavy (non-hydrogen) atoms. The number of hydrogen-bond donors (Lipinski definition) is 1. The number of pyridine rings is 1. The van der Waals surface area contributed by atoms with Gasteiger partial charge in [-0.15, -0.1) is 0 Å². The molecule has 4 nitrogen and oxygen atoms in total. The van der Waals surface area contributed by atoms with Gasteiger partial charge in [-0.1, -0.05) is 42.0 Å². The third-order valence-corrected chi connectivity index (χ3v) is 4.45. The summed E-state index contributed by atoms with van der Waals surface area (Å²) in [5.41, 5.74) is 4.73. The molecule has 132 valence electrons. The lowest BCUT2D eigenvalue weighted by Crippen LogP contribution is -2.38. The van der Waals surface area contributed by atoms with E-state index in [9.17, 15) is 0 Å². The van der Waals surface area contributed by atoms with Crippen molar-refractivity contribution in [3.8, 4) is 22.6 Å². The van der Waals surface area contributed by atoms with Gasteiger partial charge in [0.15, 0.2) is 11.5 Å². The zero-order chi connectivity index (χ0) is 17.8. The molecular formula is C22H22N2O2. The first-order valence-corrected chi connectivity index (χ1v) is 8.88. The first-order chi connectivity index (χ1) is 12.8. The third-order valence-electron chi connectivity index (χ3n) is 4.45. The number of para-hydroxylation sites is 2. The van der Waals surface area contributed by atoms with Crippen molar-refractivity contribution in [2.45, 2.75) is 19.6 Å². The second kappa shape index (κ2) is 7.58. The summed E-state index contributed by atoms with van der Waals surface area (Å²) in [6.07, 6.45) is 3.82. The van der Waals surface area contributed by atoms with Crippen LogP contribution in [0.2, 0.25) is 0 Å². The standard InChI is InChI=1S/C22H22N2O2/c1-16-6-8-18(9-7-16)19-10-17(11-23-13-19)12-24-14-20-15-25-21-4-2-3-5-22(21)26-20/h2-11,13,20,24H,12,14-15H2,1H3. The van der Waals surface area contributed by atoms with E-state index in [0.29, 0.717) is 6.61 Å². The predicted molar refractivity (Wildman–Crippen MR) is 102 cm³/mol. The molecule has 1 atom stereocenters. The van der Waals surface area contributed by atoms with Gasteiger partial charge in [0.1, 0.15) is 12.7 Å². The van der Waals surface area contributed by atoms with Crippen molar-refractivity contribution in [1.29, 1.82) is 0 Å². The van der Waals surface area contributed by atoms with Gasteiger partial charge in [0.05, 0.1) is 0 Å². The fraction of sp³-hybridized carbons (Fsp3) is 0.227. The molecule has 0 spiro atoms. The second-order valence-corrected chi connectivity index (χ2v) is 6.58. The number of fused-ring (bicyclic) bond motifs is 1. The van der Waals surface area contributed by atoms with Crippen LogP contribution in [0.5, 0.6) is 11.5 Å². The molecule has 1 unspecified atom stereocenters. The maximum atomic E-state index is 5.97. The highest BCUT2D eigenvalue weighted by Crippen LogP contribution is 2.30. The number of nitrogens with one attached hydrogen (secondary N) is 1. The molecule has 0 saturated carbocycles. The zero-order valence-corrected chi connectivity index (χ0v) is 14.8. The molecule has 1 aliphatic rings. The number of ether oxygens (including phenoxy) is 2. The molecule has 4 rings (SSSR count). The van der Waals surface area contributed by atoms with Gasteiger partial charge in [-0.2, -0.15) is 0 Å². The van der Waals surface area contributed by atoms with E-state index < -0.39 is 0 Å². The van der Waals surface area contributed by atoms with Crippen LogP contribution in [0.4, 0.5) is 0 Å². The van der Waals surface area contributed by atoms with Crippen LogP contribution in [0.15, 0.2) is 67.0 Å². The average molecular weight is 346 g/mol. The summed E-state index contributed by atoms with van der Waals surface area (Å²) in [5, 5.41) is 3.45. The summed E-state index contributed by atoms with van der Waals surface area (Å²) >= 11 is 0. The van der Waals surface area contributed by atoms with E-state index in [2.05, 4.69) is 47.6 Å². The Hall–Kier alpha value is -2.85. The molecule has 0 saturated heterocycles. The highest BCUT2D eigenvalue weighted by Gasteiger charge is 2.19. The minimum Gasteiger partial charge on any atom is -0.486 e. The summed E-state index contributed by atoms with van der Waals surface area (Å²) in [7, 11) is 0. The molecule has 4 heteroatoms. The van der Waals surface area contributed by atoms with Gasteiger partial charge in [0.2, 0.25) is 0 Å². The largest absolute Gasteiger partial charge is 0.486 e. The number of rotatable bonds is 5. The van der Waals surface area contributed by atoms with E-state index in [1.165, 1.54) is 11.1 Å². The molecule has 2 aromatic carbocycles. The van der Waals surface area contributed by atoms with Crippen molar-refractivity contribution in [1.82, 2.24) is 10.3 Å². The quantitative estimate of drug-likeness (QED) is 0.759. The van der Waals surface area contributed by atoms with Gasteiger partial charge in [-0.25, -0.2) is 0 Å². The molecule has 1 aromatic heterocycles. The Labute approximate surface area is 153 Å². The highest BCUT2D eigenvalue weighted by molar-refractivity contribution is 5.63. The van der Waals surface area contributed by atoms with E-state index in [1.54, 1.807) is 0 Å². The first-order valence-electron chi connectivity index (χ1n) is 8.88. The fourth-order valence-electron chi connectivity index (χ4n) is 3.03. The molecule has 0 amide bonds. The Balaban J connectivity index is 1.34. The van der Waals surface area contributed by atoms with Crippen LogP contribution in [-0.2, 0) is 6.54 Å². The Kier molecular flexibility index (Phi) is 4.84. The number of benzene rings is 2. The van der Waals surface area contributed by atoms with Crippen LogP contribution in [-0.4, -0.2) is 24.2 Å². The van der Waals surface area contributed by atoms with Crippen LogP contribution >= 0.6 is 0 Å². The summed E-state index contributed by atoms with van der Waals surface area (Å²) in [5.74, 6) is 1.63. The van der Waals surface area contributed by atoms with Crippen LogP contribution in [0.25, 0.3) is 11.1 Å². The van der Waals surface area contributed by atoms with Crippen molar-refractivity contribution < 1.29 is 9.47 Å². The lowest BCUT2D eigenvalue weighted by molar-refractivity contribution is 0.0902. The Morgan fingerprint density at radius 3 is 2.65 bits per heavy atom. The van der Waals surface area contributed by atoms with Crippen molar-refractivity contribution in [3.63, 3.8) is 0 Å². The monoisotopic (exact) mass is 346 g/mol. The smallest absolute Gasteiger partial charge is 0.161 e. The zero-order valence-electron chi connectivity index (χ0n) is 14.8. The van der Waals surface area contributed by atoms with E-state index >= 15 is 0 Å². The third kappa shape index (κ3) is 3.86. The molecule has 2 heterocycles. The van der Waals surface area contributed by atoms with Crippen LogP contribution in [0.1, 0.15) is 11.1 Å². The number of aryl methyl sites for hydroxylation is 1. The van der Waals surface area contributed by atoms with E-state index in [-0.39, 0.29) is 6.10 Å². The summed E-state index contributed by atoms with van der Waals surface area (Å²) in [6.45, 7) is 4.13. The fourth-order valence-corrected chi connectivity index (χ4v) is 3.03. The normalized spacial score (nSPS) is 15.7. The second-order valence-electron chi connectivity index (χ2n) is 6.58. The summed E-state index contributed by atoms with van der Waals surface area (Å²) < 4.78 is 11.7. The van der Waals surface area contributed by atoms with Gasteiger partial charge < -0.3 is 14.8 Å². The molecule has 0 bridgehead atoms. The van der Waals surface area contributed by atoms with Gasteiger partial charge >= 0.3 is 0 Å². The van der Waals surface area contributed by atoms with Crippen LogP contribution in [0.3, 0.4) is 0 Å². The Morgan fingerprint density at radius 2 is 1.81 bits per heavy atom. The molecule has 1 aliphatic heterocycles. The molecule has 0 fully saturated rings. The molecule has 3 aromatic rings. The molecule has 0 aliphatic carbocycles. The Morgan fingerprint density at radius 1 is 1.00 bits per heavy atom. The Bertz CT molecular complexity index is 877. The van der Waals surface area contributed by atoms with E-state index in [1.807, 2.05) is 36.7 Å². The van der Waals surface area contributed by atoms with Crippen molar-refractivity contribution in [3.05, 3.63) is 78.1 Å². The number of aromatic nitrogens is 1. The van der Waals surface area contributed by atoms with E-state index in [4.69, 9.17) is 9.47 Å². The average Bonchev–Trinajstić information content (AvgIpc) is 2.69.